The Balaban J connectivity index is 2.16. The molecule has 0 saturated heterocycles. The van der Waals surface area contributed by atoms with Gasteiger partial charge in [-0.05, 0) is 43.7 Å². The predicted octanol–water partition coefficient (Wildman–Crippen LogP) is 3.50. The highest BCUT2D eigenvalue weighted by Crippen LogP contribution is 2.17. The van der Waals surface area contributed by atoms with E-state index in [9.17, 15) is 9.18 Å². The maximum Gasteiger partial charge on any atom is 0.246 e. The van der Waals surface area contributed by atoms with Gasteiger partial charge in [-0.15, -0.1) is 0 Å². The maximum atomic E-state index is 12.9. The Morgan fingerprint density at radius 1 is 1.00 bits per heavy atom. The van der Waals surface area contributed by atoms with Crippen molar-refractivity contribution in [3.63, 3.8) is 0 Å². The van der Waals surface area contributed by atoms with Crippen LogP contribution in [0.25, 0.3) is 0 Å². The van der Waals surface area contributed by atoms with Gasteiger partial charge in [-0.2, -0.15) is 0 Å². The standard InChI is InChI=1S/C17H19FN2O/c1-12(2)19-16(13-6-4-3-5-7-13)17(21)20-15-10-8-14(18)9-11-15/h3-12,16,19H,1-2H3,(H,20,21)/t16-/m0/s1. The lowest BCUT2D eigenvalue weighted by atomic mass is 10.1. The summed E-state index contributed by atoms with van der Waals surface area (Å²) in [5.74, 6) is -0.491. The van der Waals surface area contributed by atoms with Crippen molar-refractivity contribution < 1.29 is 9.18 Å². The van der Waals surface area contributed by atoms with E-state index in [1.54, 1.807) is 12.1 Å². The molecule has 0 aliphatic rings. The van der Waals surface area contributed by atoms with Crippen LogP contribution in [0.5, 0.6) is 0 Å². The van der Waals surface area contributed by atoms with Gasteiger partial charge in [-0.1, -0.05) is 30.3 Å². The smallest absolute Gasteiger partial charge is 0.246 e. The zero-order valence-corrected chi connectivity index (χ0v) is 12.1. The van der Waals surface area contributed by atoms with Crippen molar-refractivity contribution in [2.45, 2.75) is 25.9 Å². The number of hydrogen-bond acceptors (Lipinski definition) is 2. The molecule has 1 amide bonds. The zero-order valence-electron chi connectivity index (χ0n) is 12.1. The summed E-state index contributed by atoms with van der Waals surface area (Å²) in [5, 5.41) is 6.05. The molecular weight excluding hydrogens is 267 g/mol. The Labute approximate surface area is 124 Å². The number of carbonyl (C=O) groups excluding carboxylic acids is 1. The van der Waals surface area contributed by atoms with Gasteiger partial charge in [0.1, 0.15) is 11.9 Å². The number of anilines is 1. The molecule has 0 aliphatic heterocycles. The molecule has 1 atom stereocenters. The van der Waals surface area contributed by atoms with E-state index in [1.807, 2.05) is 44.2 Å². The van der Waals surface area contributed by atoms with E-state index in [0.717, 1.165) is 5.56 Å². The number of benzene rings is 2. The van der Waals surface area contributed by atoms with Gasteiger partial charge in [0.05, 0.1) is 0 Å². The molecule has 4 heteroatoms. The summed E-state index contributed by atoms with van der Waals surface area (Å²) in [7, 11) is 0. The van der Waals surface area contributed by atoms with E-state index in [-0.39, 0.29) is 17.8 Å². The lowest BCUT2D eigenvalue weighted by Crippen LogP contribution is -2.36. The highest BCUT2D eigenvalue weighted by Gasteiger charge is 2.21. The summed E-state index contributed by atoms with van der Waals surface area (Å²) < 4.78 is 12.9. The minimum absolute atomic E-state index is 0.161. The van der Waals surface area contributed by atoms with Crippen LogP contribution < -0.4 is 10.6 Å². The average molecular weight is 286 g/mol. The molecule has 0 radical (unpaired) electrons. The Morgan fingerprint density at radius 2 is 1.62 bits per heavy atom. The molecule has 0 fully saturated rings. The third-order valence-electron chi connectivity index (χ3n) is 3.01. The van der Waals surface area contributed by atoms with Gasteiger partial charge in [-0.25, -0.2) is 4.39 Å². The van der Waals surface area contributed by atoms with Crippen molar-refractivity contribution in [1.29, 1.82) is 0 Å². The number of halogens is 1. The van der Waals surface area contributed by atoms with Crippen molar-refractivity contribution in [3.8, 4) is 0 Å². The van der Waals surface area contributed by atoms with Gasteiger partial charge in [0.2, 0.25) is 5.91 Å². The highest BCUT2D eigenvalue weighted by molar-refractivity contribution is 5.95. The van der Waals surface area contributed by atoms with Crippen LogP contribution in [0.3, 0.4) is 0 Å². The number of rotatable bonds is 5. The van der Waals surface area contributed by atoms with E-state index in [0.29, 0.717) is 5.69 Å². The fourth-order valence-corrected chi connectivity index (χ4v) is 2.05. The molecule has 110 valence electrons. The Morgan fingerprint density at radius 3 is 2.19 bits per heavy atom. The molecule has 0 aliphatic carbocycles. The van der Waals surface area contributed by atoms with Gasteiger partial charge in [0.25, 0.3) is 0 Å². The molecule has 0 heterocycles. The molecule has 2 N–H and O–H groups in total. The summed E-state index contributed by atoms with van der Waals surface area (Å²) in [6.45, 7) is 3.97. The van der Waals surface area contributed by atoms with Crippen molar-refractivity contribution in [3.05, 3.63) is 66.0 Å². The largest absolute Gasteiger partial charge is 0.324 e. The van der Waals surface area contributed by atoms with Crippen LogP contribution in [-0.4, -0.2) is 11.9 Å². The number of amides is 1. The summed E-state index contributed by atoms with van der Waals surface area (Å²) >= 11 is 0. The summed E-state index contributed by atoms with van der Waals surface area (Å²) in [6.07, 6.45) is 0. The molecular formula is C17H19FN2O. The molecule has 2 aromatic rings. The molecule has 0 saturated carbocycles. The molecule has 0 spiro atoms. The van der Waals surface area contributed by atoms with E-state index in [2.05, 4.69) is 10.6 Å². The third-order valence-corrected chi connectivity index (χ3v) is 3.01. The highest BCUT2D eigenvalue weighted by atomic mass is 19.1. The first-order chi connectivity index (χ1) is 10.1. The lowest BCUT2D eigenvalue weighted by molar-refractivity contribution is -0.118. The Hall–Kier alpha value is -2.20. The van der Waals surface area contributed by atoms with E-state index in [4.69, 9.17) is 0 Å². The molecule has 0 unspecified atom stereocenters. The van der Waals surface area contributed by atoms with Crippen molar-refractivity contribution in [2.24, 2.45) is 0 Å². The first-order valence-corrected chi connectivity index (χ1v) is 6.93. The SMILES string of the molecule is CC(C)N[C@H](C(=O)Nc1ccc(F)cc1)c1ccccc1. The van der Waals surface area contributed by atoms with Crippen LogP contribution in [0.4, 0.5) is 10.1 Å². The van der Waals surface area contributed by atoms with Crippen LogP contribution in [0, 0.1) is 5.82 Å². The Kier molecular flexibility index (Phi) is 5.06. The van der Waals surface area contributed by atoms with E-state index < -0.39 is 6.04 Å². The third kappa shape index (κ3) is 4.39. The second-order valence-corrected chi connectivity index (χ2v) is 5.16. The van der Waals surface area contributed by atoms with Crippen molar-refractivity contribution in [1.82, 2.24) is 5.32 Å². The minimum Gasteiger partial charge on any atom is -0.324 e. The fraction of sp³-hybridized carbons (Fsp3) is 0.235. The van der Waals surface area contributed by atoms with E-state index in [1.165, 1.54) is 12.1 Å². The first kappa shape index (κ1) is 15.2. The fourth-order valence-electron chi connectivity index (χ4n) is 2.05. The minimum atomic E-state index is -0.448. The summed E-state index contributed by atoms with van der Waals surface area (Å²) in [4.78, 5) is 12.5. The Bertz CT molecular complexity index is 581. The normalized spacial score (nSPS) is 12.2. The van der Waals surface area contributed by atoms with Crippen LogP contribution >= 0.6 is 0 Å². The van der Waals surface area contributed by atoms with Gasteiger partial charge < -0.3 is 5.32 Å². The van der Waals surface area contributed by atoms with Crippen LogP contribution in [-0.2, 0) is 4.79 Å². The predicted molar refractivity (Wildman–Crippen MR) is 82.5 cm³/mol. The van der Waals surface area contributed by atoms with E-state index >= 15 is 0 Å². The second kappa shape index (κ2) is 6.99. The monoisotopic (exact) mass is 286 g/mol. The average Bonchev–Trinajstić information content (AvgIpc) is 2.48. The van der Waals surface area contributed by atoms with Gasteiger partial charge in [-0.3, -0.25) is 10.1 Å². The van der Waals surface area contributed by atoms with Gasteiger partial charge in [0.15, 0.2) is 0 Å². The topological polar surface area (TPSA) is 41.1 Å². The quantitative estimate of drug-likeness (QED) is 0.883. The maximum absolute atomic E-state index is 12.9. The molecule has 2 aromatic carbocycles. The number of nitrogens with one attached hydrogen (secondary N) is 2. The van der Waals surface area contributed by atoms with Gasteiger partial charge >= 0.3 is 0 Å². The molecule has 3 nitrogen and oxygen atoms in total. The van der Waals surface area contributed by atoms with Crippen LogP contribution in [0.1, 0.15) is 25.5 Å². The van der Waals surface area contributed by atoms with Crippen molar-refractivity contribution in [2.75, 3.05) is 5.32 Å². The number of hydrogen-bond donors (Lipinski definition) is 2. The zero-order chi connectivity index (χ0) is 15.2. The van der Waals surface area contributed by atoms with Crippen molar-refractivity contribution >= 4 is 11.6 Å². The lowest BCUT2D eigenvalue weighted by Gasteiger charge is -2.21. The molecule has 2 rings (SSSR count). The summed E-state index contributed by atoms with van der Waals surface area (Å²) in [6, 6.07) is 15.0. The van der Waals surface area contributed by atoms with Crippen LogP contribution in [0.2, 0.25) is 0 Å². The number of carbonyl (C=O) groups is 1. The van der Waals surface area contributed by atoms with Crippen LogP contribution in [0.15, 0.2) is 54.6 Å². The first-order valence-electron chi connectivity index (χ1n) is 6.93. The molecule has 21 heavy (non-hydrogen) atoms. The second-order valence-electron chi connectivity index (χ2n) is 5.16. The van der Waals surface area contributed by atoms with Gasteiger partial charge in [0, 0.05) is 11.7 Å². The molecule has 0 aromatic heterocycles. The molecule has 0 bridgehead atoms. The summed E-state index contributed by atoms with van der Waals surface area (Å²) in [5.41, 5.74) is 1.47.